The highest BCUT2D eigenvalue weighted by Gasteiger charge is 2.41. The highest BCUT2D eigenvalue weighted by atomic mass is 32.2. The van der Waals surface area contributed by atoms with Crippen molar-refractivity contribution in [3.05, 3.63) is 65.2 Å². The van der Waals surface area contributed by atoms with Crippen molar-refractivity contribution in [2.75, 3.05) is 19.6 Å². The SMILES string of the molecule is N#Cc1cc(F)c(S(=O)(=O)N2C[C@@H](CN)[C@H](c3ccccc3)C2)c(F)c1. The fraction of sp³-hybridized carbons (Fsp3) is 0.278. The van der Waals surface area contributed by atoms with Gasteiger partial charge in [0.15, 0.2) is 4.90 Å². The first-order valence-corrected chi connectivity index (χ1v) is 9.46. The Bertz CT molecular complexity index is 935. The molecule has 0 unspecified atom stereocenters. The van der Waals surface area contributed by atoms with Crippen LogP contribution in [0.15, 0.2) is 47.4 Å². The molecule has 1 fully saturated rings. The van der Waals surface area contributed by atoms with Gasteiger partial charge in [0.05, 0.1) is 11.6 Å². The maximum Gasteiger partial charge on any atom is 0.248 e. The standard InChI is InChI=1S/C18H17F2N3O2S/c19-16-6-12(8-21)7-17(20)18(16)26(24,25)23-10-14(9-22)15(11-23)13-4-2-1-3-5-13/h1-7,14-15H,9-11,22H2/t14-,15+/m1/s1. The predicted octanol–water partition coefficient (Wildman–Crippen LogP) is 2.20. The molecule has 136 valence electrons. The number of hydrogen-bond acceptors (Lipinski definition) is 4. The minimum absolute atomic E-state index is 0.0806. The van der Waals surface area contributed by atoms with E-state index in [0.29, 0.717) is 0 Å². The Morgan fingerprint density at radius 2 is 1.77 bits per heavy atom. The van der Waals surface area contributed by atoms with Gasteiger partial charge in [-0.15, -0.1) is 0 Å². The van der Waals surface area contributed by atoms with Gasteiger partial charge in [0.2, 0.25) is 10.0 Å². The minimum atomic E-state index is -4.39. The Morgan fingerprint density at radius 3 is 2.31 bits per heavy atom. The second-order valence-electron chi connectivity index (χ2n) is 6.22. The summed E-state index contributed by atoms with van der Waals surface area (Å²) in [5, 5.41) is 8.76. The zero-order valence-electron chi connectivity index (χ0n) is 13.8. The van der Waals surface area contributed by atoms with Gasteiger partial charge in [0.25, 0.3) is 0 Å². The molecule has 0 aliphatic carbocycles. The number of halogens is 2. The highest BCUT2D eigenvalue weighted by Crippen LogP contribution is 2.36. The summed E-state index contributed by atoms with van der Waals surface area (Å²) >= 11 is 0. The van der Waals surface area contributed by atoms with Gasteiger partial charge in [0, 0.05) is 19.0 Å². The van der Waals surface area contributed by atoms with Crippen molar-refractivity contribution in [1.82, 2.24) is 4.31 Å². The van der Waals surface area contributed by atoms with Gasteiger partial charge in [-0.3, -0.25) is 0 Å². The first-order chi connectivity index (χ1) is 12.4. The largest absolute Gasteiger partial charge is 0.330 e. The van der Waals surface area contributed by atoms with Crippen LogP contribution in [0.2, 0.25) is 0 Å². The normalized spacial score (nSPS) is 20.8. The third-order valence-corrected chi connectivity index (χ3v) is 6.55. The van der Waals surface area contributed by atoms with E-state index >= 15 is 0 Å². The Balaban J connectivity index is 1.98. The van der Waals surface area contributed by atoms with E-state index in [9.17, 15) is 17.2 Å². The van der Waals surface area contributed by atoms with Crippen LogP contribution in [0.4, 0.5) is 8.78 Å². The van der Waals surface area contributed by atoms with Crippen LogP contribution in [-0.2, 0) is 10.0 Å². The molecule has 3 rings (SSSR count). The van der Waals surface area contributed by atoms with E-state index in [1.165, 1.54) is 0 Å². The number of nitriles is 1. The van der Waals surface area contributed by atoms with Crippen LogP contribution in [0, 0.1) is 28.9 Å². The third-order valence-electron chi connectivity index (χ3n) is 4.66. The molecule has 0 aromatic heterocycles. The smallest absolute Gasteiger partial charge is 0.248 e. The second-order valence-corrected chi connectivity index (χ2v) is 8.09. The van der Waals surface area contributed by atoms with Crippen LogP contribution in [-0.4, -0.2) is 32.4 Å². The van der Waals surface area contributed by atoms with Crippen LogP contribution in [0.3, 0.4) is 0 Å². The fourth-order valence-electron chi connectivity index (χ4n) is 3.34. The van der Waals surface area contributed by atoms with E-state index in [1.54, 1.807) is 6.07 Å². The Labute approximate surface area is 150 Å². The number of nitrogens with zero attached hydrogens (tertiary/aromatic N) is 2. The molecule has 2 aromatic rings. The van der Waals surface area contributed by atoms with E-state index in [1.807, 2.05) is 30.3 Å². The lowest BCUT2D eigenvalue weighted by atomic mass is 9.89. The van der Waals surface area contributed by atoms with Gasteiger partial charge in [-0.1, -0.05) is 30.3 Å². The summed E-state index contributed by atoms with van der Waals surface area (Å²) in [7, 11) is -4.39. The second kappa shape index (κ2) is 7.11. The lowest BCUT2D eigenvalue weighted by molar-refractivity contribution is 0.443. The summed E-state index contributed by atoms with van der Waals surface area (Å²) < 4.78 is 55.2. The topological polar surface area (TPSA) is 87.2 Å². The van der Waals surface area contributed by atoms with Gasteiger partial charge in [-0.2, -0.15) is 9.57 Å². The molecule has 26 heavy (non-hydrogen) atoms. The average Bonchev–Trinajstić information content (AvgIpc) is 3.07. The monoisotopic (exact) mass is 377 g/mol. The number of sulfonamides is 1. The molecule has 2 atom stereocenters. The van der Waals surface area contributed by atoms with Crippen molar-refractivity contribution < 1.29 is 17.2 Å². The Kier molecular flexibility index (Phi) is 5.05. The van der Waals surface area contributed by atoms with Crippen LogP contribution in [0.5, 0.6) is 0 Å². The molecule has 0 amide bonds. The van der Waals surface area contributed by atoms with Gasteiger partial charge < -0.3 is 5.73 Å². The highest BCUT2D eigenvalue weighted by molar-refractivity contribution is 7.89. The van der Waals surface area contributed by atoms with E-state index in [0.717, 1.165) is 22.0 Å². The van der Waals surface area contributed by atoms with Gasteiger partial charge in [-0.05, 0) is 30.2 Å². The zero-order valence-corrected chi connectivity index (χ0v) is 14.6. The molecular weight excluding hydrogens is 360 g/mol. The molecular formula is C18H17F2N3O2S. The summed E-state index contributed by atoms with van der Waals surface area (Å²) in [6.45, 7) is 0.425. The van der Waals surface area contributed by atoms with Crippen LogP contribution in [0.25, 0.3) is 0 Å². The summed E-state index contributed by atoms with van der Waals surface area (Å²) in [5.74, 6) is -2.85. The number of rotatable bonds is 4. The lowest BCUT2D eigenvalue weighted by Crippen LogP contribution is -2.31. The van der Waals surface area contributed by atoms with E-state index in [4.69, 9.17) is 11.0 Å². The van der Waals surface area contributed by atoms with Crippen molar-refractivity contribution in [2.24, 2.45) is 11.7 Å². The predicted molar refractivity (Wildman–Crippen MR) is 91.6 cm³/mol. The molecule has 1 aliphatic heterocycles. The number of benzene rings is 2. The van der Waals surface area contributed by atoms with Gasteiger partial charge in [0.1, 0.15) is 11.6 Å². The molecule has 0 bridgehead atoms. The molecule has 8 heteroatoms. The zero-order chi connectivity index (χ0) is 18.9. The quantitative estimate of drug-likeness (QED) is 0.885. The fourth-order valence-corrected chi connectivity index (χ4v) is 4.96. The van der Waals surface area contributed by atoms with Gasteiger partial charge in [-0.25, -0.2) is 17.2 Å². The summed E-state index contributed by atoms with van der Waals surface area (Å²) in [6, 6.07) is 12.4. The molecule has 2 aromatic carbocycles. The molecule has 2 N–H and O–H groups in total. The summed E-state index contributed by atoms with van der Waals surface area (Å²) in [4.78, 5) is -1.03. The third kappa shape index (κ3) is 3.21. The van der Waals surface area contributed by atoms with E-state index in [2.05, 4.69) is 0 Å². The van der Waals surface area contributed by atoms with E-state index < -0.39 is 26.6 Å². The molecule has 0 radical (unpaired) electrons. The Morgan fingerprint density at radius 1 is 1.15 bits per heavy atom. The van der Waals surface area contributed by atoms with Crippen molar-refractivity contribution in [2.45, 2.75) is 10.8 Å². The number of hydrogen-bond donors (Lipinski definition) is 1. The van der Waals surface area contributed by atoms with Crippen LogP contribution in [0.1, 0.15) is 17.0 Å². The van der Waals surface area contributed by atoms with Crippen molar-refractivity contribution >= 4 is 10.0 Å². The Hall–Kier alpha value is -2.34. The first kappa shape index (κ1) is 18.5. The minimum Gasteiger partial charge on any atom is -0.330 e. The lowest BCUT2D eigenvalue weighted by Gasteiger charge is -2.17. The van der Waals surface area contributed by atoms with Crippen LogP contribution >= 0.6 is 0 Å². The first-order valence-electron chi connectivity index (χ1n) is 8.02. The van der Waals surface area contributed by atoms with Gasteiger partial charge >= 0.3 is 0 Å². The maximum absolute atomic E-state index is 14.2. The molecule has 1 heterocycles. The molecule has 0 spiro atoms. The summed E-state index contributed by atoms with van der Waals surface area (Å²) in [5.41, 5.74) is 6.45. The molecule has 5 nitrogen and oxygen atoms in total. The molecule has 0 saturated carbocycles. The van der Waals surface area contributed by atoms with E-state index in [-0.39, 0.29) is 37.0 Å². The summed E-state index contributed by atoms with van der Waals surface area (Å²) in [6.07, 6.45) is 0. The van der Waals surface area contributed by atoms with Crippen molar-refractivity contribution in [3.8, 4) is 6.07 Å². The molecule has 1 aliphatic rings. The number of nitrogens with two attached hydrogens (primary N) is 1. The maximum atomic E-state index is 14.2. The van der Waals surface area contributed by atoms with Crippen molar-refractivity contribution in [3.63, 3.8) is 0 Å². The van der Waals surface area contributed by atoms with Crippen LogP contribution < -0.4 is 5.73 Å². The average molecular weight is 377 g/mol. The van der Waals surface area contributed by atoms with Crippen molar-refractivity contribution in [1.29, 1.82) is 5.26 Å². The molecule has 1 saturated heterocycles.